The Morgan fingerprint density at radius 1 is 1.00 bits per heavy atom. The molecule has 0 aliphatic heterocycles. The van der Waals surface area contributed by atoms with Crippen LogP contribution in [0.15, 0.2) is 54.6 Å². The zero-order valence-electron chi connectivity index (χ0n) is 15.2. The number of nitrogens with two attached hydrogens (primary N) is 1. The summed E-state index contributed by atoms with van der Waals surface area (Å²) in [6.07, 6.45) is 0. The Bertz CT molecular complexity index is 692. The number of halogens is 1. The number of hydrogen-bond acceptors (Lipinski definition) is 3. The van der Waals surface area contributed by atoms with Crippen LogP contribution < -0.4 is 5.73 Å². The Labute approximate surface area is 155 Å². The van der Waals surface area contributed by atoms with Crippen molar-refractivity contribution in [3.63, 3.8) is 0 Å². The number of hydrogen-bond donors (Lipinski definition) is 1. The molecule has 2 aromatic rings. The van der Waals surface area contributed by atoms with Crippen LogP contribution >= 0.6 is 11.6 Å². The van der Waals surface area contributed by atoms with Crippen LogP contribution in [0.1, 0.15) is 50.8 Å². The zero-order valence-corrected chi connectivity index (χ0v) is 16.0. The predicted molar refractivity (Wildman–Crippen MR) is 103 cm³/mol. The highest BCUT2D eigenvalue weighted by Crippen LogP contribution is 2.37. The average molecular weight is 360 g/mol. The summed E-state index contributed by atoms with van der Waals surface area (Å²) >= 11 is 5.98. The lowest BCUT2D eigenvalue weighted by Crippen LogP contribution is -2.34. The van der Waals surface area contributed by atoms with Gasteiger partial charge in [0.25, 0.3) is 0 Å². The Morgan fingerprint density at radius 2 is 1.56 bits per heavy atom. The van der Waals surface area contributed by atoms with E-state index in [-0.39, 0.29) is 23.8 Å². The number of carbonyl (C=O) groups is 1. The molecule has 2 N–H and O–H groups in total. The van der Waals surface area contributed by atoms with Crippen LogP contribution in [0, 0.1) is 5.92 Å². The second-order valence-electron chi connectivity index (χ2n) is 7.34. The van der Waals surface area contributed by atoms with Crippen molar-refractivity contribution in [1.82, 2.24) is 0 Å². The highest BCUT2D eigenvalue weighted by molar-refractivity contribution is 6.30. The van der Waals surface area contributed by atoms with Crippen LogP contribution in [0.5, 0.6) is 0 Å². The summed E-state index contributed by atoms with van der Waals surface area (Å²) in [5.41, 5.74) is 8.00. The molecule has 3 atom stereocenters. The molecule has 2 rings (SSSR count). The van der Waals surface area contributed by atoms with Gasteiger partial charge in [-0.2, -0.15) is 0 Å². The van der Waals surface area contributed by atoms with E-state index in [1.807, 2.05) is 82.3 Å². The fourth-order valence-corrected chi connectivity index (χ4v) is 3.04. The summed E-state index contributed by atoms with van der Waals surface area (Å²) in [6.45, 7) is 7.48. The average Bonchev–Trinajstić information content (AvgIpc) is 2.55. The molecule has 0 saturated carbocycles. The third-order valence-electron chi connectivity index (χ3n) is 4.14. The molecule has 0 fully saturated rings. The lowest BCUT2D eigenvalue weighted by Gasteiger charge is -2.31. The molecule has 0 aliphatic carbocycles. The van der Waals surface area contributed by atoms with Gasteiger partial charge >= 0.3 is 5.97 Å². The second-order valence-corrected chi connectivity index (χ2v) is 7.77. The van der Waals surface area contributed by atoms with E-state index in [9.17, 15) is 4.79 Å². The minimum absolute atomic E-state index is 0.197. The molecule has 0 aliphatic rings. The third kappa shape index (κ3) is 5.32. The molecule has 0 saturated heterocycles. The monoisotopic (exact) mass is 359 g/mol. The van der Waals surface area contributed by atoms with Crippen LogP contribution in [0.4, 0.5) is 0 Å². The predicted octanol–water partition coefficient (Wildman–Crippen LogP) is 5.10. The summed E-state index contributed by atoms with van der Waals surface area (Å²) in [5.74, 6) is -0.824. The molecular formula is C21H26ClNO2. The maximum absolute atomic E-state index is 12.7. The fraction of sp³-hybridized carbons (Fsp3) is 0.381. The van der Waals surface area contributed by atoms with Crippen LogP contribution in [0.3, 0.4) is 0 Å². The first kappa shape index (κ1) is 19.5. The van der Waals surface area contributed by atoms with Crippen LogP contribution in [-0.4, -0.2) is 11.6 Å². The minimum atomic E-state index is -0.531. The van der Waals surface area contributed by atoms with E-state index in [4.69, 9.17) is 22.1 Å². The van der Waals surface area contributed by atoms with Gasteiger partial charge in [0.1, 0.15) is 5.60 Å². The number of carbonyl (C=O) groups excluding carboxylic acids is 1. The van der Waals surface area contributed by atoms with E-state index in [1.54, 1.807) is 0 Å². The van der Waals surface area contributed by atoms with Crippen molar-refractivity contribution in [2.75, 3.05) is 0 Å². The van der Waals surface area contributed by atoms with Crippen molar-refractivity contribution in [3.8, 4) is 0 Å². The summed E-state index contributed by atoms with van der Waals surface area (Å²) < 4.78 is 5.59. The Morgan fingerprint density at radius 3 is 2.08 bits per heavy atom. The van der Waals surface area contributed by atoms with Crippen molar-refractivity contribution in [2.24, 2.45) is 11.7 Å². The van der Waals surface area contributed by atoms with Crippen LogP contribution in [-0.2, 0) is 9.53 Å². The van der Waals surface area contributed by atoms with E-state index < -0.39 is 5.60 Å². The molecule has 0 bridgehead atoms. The Balaban J connectivity index is 2.36. The zero-order chi connectivity index (χ0) is 18.6. The van der Waals surface area contributed by atoms with Gasteiger partial charge in [0, 0.05) is 17.0 Å². The molecule has 0 heterocycles. The van der Waals surface area contributed by atoms with Gasteiger partial charge in [-0.25, -0.2) is 0 Å². The molecule has 2 aromatic carbocycles. The van der Waals surface area contributed by atoms with E-state index in [0.717, 1.165) is 11.1 Å². The standard InChI is InChI=1S/C21H26ClNO2/c1-14(20(24)25-21(2,3)4)18(15-8-6-5-7-9-15)19(23)16-10-12-17(22)13-11-16/h5-14,18-19H,23H2,1-4H3. The molecule has 0 aromatic heterocycles. The first-order valence-electron chi connectivity index (χ1n) is 8.48. The lowest BCUT2D eigenvalue weighted by molar-refractivity contribution is -0.160. The second kappa shape index (κ2) is 8.03. The van der Waals surface area contributed by atoms with Crippen molar-refractivity contribution >= 4 is 17.6 Å². The van der Waals surface area contributed by atoms with Crippen molar-refractivity contribution in [3.05, 3.63) is 70.7 Å². The maximum atomic E-state index is 12.7. The first-order chi connectivity index (χ1) is 11.7. The van der Waals surface area contributed by atoms with Gasteiger partial charge in [-0.3, -0.25) is 4.79 Å². The van der Waals surface area contributed by atoms with Crippen LogP contribution in [0.2, 0.25) is 5.02 Å². The molecule has 0 radical (unpaired) electrons. The van der Waals surface area contributed by atoms with Gasteiger partial charge in [-0.1, -0.05) is 61.0 Å². The van der Waals surface area contributed by atoms with Crippen LogP contribution in [0.25, 0.3) is 0 Å². The fourth-order valence-electron chi connectivity index (χ4n) is 2.92. The van der Waals surface area contributed by atoms with E-state index in [2.05, 4.69) is 0 Å². The molecule has 134 valence electrons. The van der Waals surface area contributed by atoms with Gasteiger partial charge in [-0.05, 0) is 44.0 Å². The van der Waals surface area contributed by atoms with Gasteiger partial charge in [0.15, 0.2) is 0 Å². The van der Waals surface area contributed by atoms with Gasteiger partial charge < -0.3 is 10.5 Å². The van der Waals surface area contributed by atoms with Gasteiger partial charge in [0.2, 0.25) is 0 Å². The minimum Gasteiger partial charge on any atom is -0.460 e. The Kier molecular flexibility index (Phi) is 6.26. The SMILES string of the molecule is CC(C(=O)OC(C)(C)C)C(c1ccccc1)C(N)c1ccc(Cl)cc1. The number of benzene rings is 2. The summed E-state index contributed by atoms with van der Waals surface area (Å²) in [6, 6.07) is 17.0. The van der Waals surface area contributed by atoms with Crippen molar-refractivity contribution in [1.29, 1.82) is 0 Å². The summed E-state index contributed by atoms with van der Waals surface area (Å²) in [5, 5.41) is 0.660. The van der Waals surface area contributed by atoms with Gasteiger partial charge in [-0.15, -0.1) is 0 Å². The molecule has 25 heavy (non-hydrogen) atoms. The molecular weight excluding hydrogens is 334 g/mol. The number of rotatable bonds is 5. The Hall–Kier alpha value is -1.84. The third-order valence-corrected chi connectivity index (χ3v) is 4.40. The van der Waals surface area contributed by atoms with Gasteiger partial charge in [0.05, 0.1) is 5.92 Å². The van der Waals surface area contributed by atoms with E-state index in [1.165, 1.54) is 0 Å². The molecule has 4 heteroatoms. The topological polar surface area (TPSA) is 52.3 Å². The smallest absolute Gasteiger partial charge is 0.309 e. The first-order valence-corrected chi connectivity index (χ1v) is 8.85. The molecule has 0 amide bonds. The molecule has 3 unspecified atom stereocenters. The molecule has 0 spiro atoms. The number of ether oxygens (including phenoxy) is 1. The van der Waals surface area contributed by atoms with Crippen molar-refractivity contribution < 1.29 is 9.53 Å². The van der Waals surface area contributed by atoms with Crippen molar-refractivity contribution in [2.45, 2.75) is 45.3 Å². The normalized spacial score (nSPS) is 15.3. The lowest BCUT2D eigenvalue weighted by atomic mass is 9.79. The van der Waals surface area contributed by atoms with E-state index in [0.29, 0.717) is 5.02 Å². The highest BCUT2D eigenvalue weighted by atomic mass is 35.5. The molecule has 3 nitrogen and oxygen atoms in total. The quantitative estimate of drug-likeness (QED) is 0.755. The summed E-state index contributed by atoms with van der Waals surface area (Å²) in [4.78, 5) is 12.7. The van der Waals surface area contributed by atoms with E-state index >= 15 is 0 Å². The largest absolute Gasteiger partial charge is 0.460 e. The highest BCUT2D eigenvalue weighted by Gasteiger charge is 2.34. The summed E-state index contributed by atoms with van der Waals surface area (Å²) in [7, 11) is 0. The maximum Gasteiger partial charge on any atom is 0.309 e. The number of esters is 1.